The predicted octanol–water partition coefficient (Wildman–Crippen LogP) is 4.45. The van der Waals surface area contributed by atoms with Crippen molar-refractivity contribution in [2.24, 2.45) is 0 Å². The number of rotatable bonds is 4. The van der Waals surface area contributed by atoms with E-state index < -0.39 is 17.7 Å². The van der Waals surface area contributed by atoms with Crippen LogP contribution < -0.4 is 5.32 Å². The molecule has 0 spiro atoms. The van der Waals surface area contributed by atoms with Gasteiger partial charge in [-0.05, 0) is 49.4 Å². The molecule has 0 bridgehead atoms. The fourth-order valence-electron chi connectivity index (χ4n) is 1.68. The lowest BCUT2D eigenvalue weighted by Gasteiger charge is -2.25. The average Bonchev–Trinajstić information content (AvgIpc) is 2.51. The van der Waals surface area contributed by atoms with Crippen molar-refractivity contribution < 1.29 is 28.2 Å². The van der Waals surface area contributed by atoms with Gasteiger partial charge in [0.05, 0.1) is 10.7 Å². The highest BCUT2D eigenvalue weighted by molar-refractivity contribution is 7.99. The minimum Gasteiger partial charge on any atom is -0.508 e. The van der Waals surface area contributed by atoms with Crippen molar-refractivity contribution in [2.45, 2.75) is 28.5 Å². The average molecular weight is 392 g/mol. The Morgan fingerprint density at radius 1 is 1.12 bits per heavy atom. The van der Waals surface area contributed by atoms with Crippen LogP contribution >= 0.6 is 23.4 Å². The van der Waals surface area contributed by atoms with E-state index in [0.29, 0.717) is 11.8 Å². The molecule has 1 unspecified atom stereocenters. The molecule has 1 amide bonds. The summed E-state index contributed by atoms with van der Waals surface area (Å²) >= 11 is 7.31. The molecule has 0 aliphatic carbocycles. The van der Waals surface area contributed by atoms with E-state index in [2.05, 4.69) is 0 Å². The van der Waals surface area contributed by atoms with Crippen LogP contribution in [0.15, 0.2) is 52.3 Å². The first-order valence-corrected chi connectivity index (χ1v) is 8.07. The second-order valence-corrected chi connectivity index (χ2v) is 6.82. The van der Waals surface area contributed by atoms with E-state index in [1.165, 1.54) is 36.0 Å². The second kappa shape index (κ2) is 7.15. The SMILES string of the molecule is CC(O)(C(=O)Nc1ccc(Sc2ccc(O)cc2)cc1Cl)C(F)(F)F. The maximum absolute atomic E-state index is 12.7. The van der Waals surface area contributed by atoms with Gasteiger partial charge in [-0.3, -0.25) is 4.79 Å². The highest BCUT2D eigenvalue weighted by Gasteiger charge is 2.55. The van der Waals surface area contributed by atoms with Crippen LogP contribution in [-0.2, 0) is 4.79 Å². The summed E-state index contributed by atoms with van der Waals surface area (Å²) in [5, 5.41) is 20.6. The summed E-state index contributed by atoms with van der Waals surface area (Å²) in [6, 6.07) is 10.8. The molecule has 0 aromatic heterocycles. The number of carbonyl (C=O) groups is 1. The molecule has 2 aromatic carbocycles. The largest absolute Gasteiger partial charge is 0.508 e. The Bertz CT molecular complexity index is 779. The number of phenols is 1. The molecule has 3 N–H and O–H groups in total. The van der Waals surface area contributed by atoms with E-state index >= 15 is 0 Å². The van der Waals surface area contributed by atoms with Crippen LogP contribution in [0.4, 0.5) is 18.9 Å². The van der Waals surface area contributed by atoms with Crippen molar-refractivity contribution in [3.63, 3.8) is 0 Å². The van der Waals surface area contributed by atoms with Crippen molar-refractivity contribution in [1.82, 2.24) is 0 Å². The molecule has 0 heterocycles. The highest BCUT2D eigenvalue weighted by Crippen LogP contribution is 2.35. The van der Waals surface area contributed by atoms with Crippen LogP contribution in [0.1, 0.15) is 6.92 Å². The molecule has 2 aromatic rings. The maximum Gasteiger partial charge on any atom is 0.426 e. The van der Waals surface area contributed by atoms with Gasteiger partial charge < -0.3 is 15.5 Å². The Morgan fingerprint density at radius 3 is 2.20 bits per heavy atom. The van der Waals surface area contributed by atoms with Crippen molar-refractivity contribution in [1.29, 1.82) is 0 Å². The number of hydrogen-bond donors (Lipinski definition) is 3. The maximum atomic E-state index is 12.7. The number of alkyl halides is 3. The molecule has 0 saturated heterocycles. The van der Waals surface area contributed by atoms with Gasteiger partial charge in [-0.25, -0.2) is 0 Å². The number of hydrogen-bond acceptors (Lipinski definition) is 4. The number of anilines is 1. The van der Waals surface area contributed by atoms with Crippen LogP contribution in [0, 0.1) is 0 Å². The molecule has 0 saturated carbocycles. The van der Waals surface area contributed by atoms with Gasteiger partial charge in [0.2, 0.25) is 5.60 Å². The van der Waals surface area contributed by atoms with Crippen LogP contribution in [0.3, 0.4) is 0 Å². The molecule has 4 nitrogen and oxygen atoms in total. The smallest absolute Gasteiger partial charge is 0.426 e. The van der Waals surface area contributed by atoms with Gasteiger partial charge in [0.25, 0.3) is 5.91 Å². The number of benzene rings is 2. The summed E-state index contributed by atoms with van der Waals surface area (Å²) in [7, 11) is 0. The van der Waals surface area contributed by atoms with Crippen molar-refractivity contribution >= 4 is 35.0 Å². The van der Waals surface area contributed by atoms with Crippen LogP contribution in [0.2, 0.25) is 5.02 Å². The fraction of sp³-hybridized carbons (Fsp3) is 0.188. The van der Waals surface area contributed by atoms with E-state index in [4.69, 9.17) is 11.6 Å². The fourth-order valence-corrected chi connectivity index (χ4v) is 2.83. The molecule has 25 heavy (non-hydrogen) atoms. The van der Waals surface area contributed by atoms with E-state index in [1.54, 1.807) is 18.2 Å². The Kier molecular flexibility index (Phi) is 5.55. The molecule has 0 radical (unpaired) electrons. The topological polar surface area (TPSA) is 69.6 Å². The highest BCUT2D eigenvalue weighted by atomic mass is 35.5. The molecule has 2 rings (SSSR count). The van der Waals surface area contributed by atoms with Crippen molar-refractivity contribution in [2.75, 3.05) is 5.32 Å². The second-order valence-electron chi connectivity index (χ2n) is 5.26. The lowest BCUT2D eigenvalue weighted by molar-refractivity contribution is -0.242. The third-order valence-electron chi connectivity index (χ3n) is 3.26. The van der Waals surface area contributed by atoms with E-state index in [-0.39, 0.29) is 16.5 Å². The van der Waals surface area contributed by atoms with Gasteiger partial charge in [0.1, 0.15) is 5.75 Å². The van der Waals surface area contributed by atoms with Crippen molar-refractivity contribution in [3.05, 3.63) is 47.5 Å². The minimum atomic E-state index is -5.11. The lowest BCUT2D eigenvalue weighted by Crippen LogP contribution is -2.52. The Balaban J connectivity index is 2.14. The molecule has 0 fully saturated rings. The summed E-state index contributed by atoms with van der Waals surface area (Å²) in [4.78, 5) is 13.2. The van der Waals surface area contributed by atoms with Gasteiger partial charge in [-0.2, -0.15) is 13.2 Å². The first kappa shape index (κ1) is 19.4. The summed E-state index contributed by atoms with van der Waals surface area (Å²) < 4.78 is 38.0. The number of carbonyl (C=O) groups excluding carboxylic acids is 1. The number of nitrogens with one attached hydrogen (secondary N) is 1. The predicted molar refractivity (Wildman–Crippen MR) is 89.0 cm³/mol. The summed E-state index contributed by atoms with van der Waals surface area (Å²) in [6.07, 6.45) is -5.11. The normalized spacial score (nSPS) is 14.0. The third kappa shape index (κ3) is 4.59. The van der Waals surface area contributed by atoms with Crippen LogP contribution in [0.5, 0.6) is 5.75 Å². The van der Waals surface area contributed by atoms with E-state index in [9.17, 15) is 28.2 Å². The number of aliphatic hydroxyl groups is 1. The van der Waals surface area contributed by atoms with Gasteiger partial charge in [-0.1, -0.05) is 23.4 Å². The summed E-state index contributed by atoms with van der Waals surface area (Å²) in [5.74, 6) is -1.50. The molecule has 0 aliphatic rings. The first-order chi connectivity index (χ1) is 11.5. The quantitative estimate of drug-likeness (QED) is 0.720. The van der Waals surface area contributed by atoms with Gasteiger partial charge in [0, 0.05) is 9.79 Å². The first-order valence-electron chi connectivity index (χ1n) is 6.87. The van der Waals surface area contributed by atoms with E-state index in [1.807, 2.05) is 5.32 Å². The molecule has 134 valence electrons. The zero-order valence-corrected chi connectivity index (χ0v) is 14.3. The minimum absolute atomic E-state index is 0.0232. The zero-order chi connectivity index (χ0) is 18.8. The van der Waals surface area contributed by atoms with Gasteiger partial charge in [-0.15, -0.1) is 0 Å². The van der Waals surface area contributed by atoms with Crippen LogP contribution in [0.25, 0.3) is 0 Å². The number of phenolic OH excluding ortho intramolecular Hbond substituents is 1. The molecule has 0 aliphatic heterocycles. The zero-order valence-electron chi connectivity index (χ0n) is 12.8. The summed E-state index contributed by atoms with van der Waals surface area (Å²) in [5.41, 5.74) is -3.58. The van der Waals surface area contributed by atoms with E-state index in [0.717, 1.165) is 4.90 Å². The Labute approximate surface area is 150 Å². The Hall–Kier alpha value is -1.90. The number of halogens is 4. The standard InChI is InChI=1S/C16H13ClF3NO3S/c1-15(24,16(18,19)20)14(23)21-13-7-6-11(8-12(13)17)25-10-4-2-9(22)3-5-10/h2-8,22,24H,1H3,(H,21,23). The monoisotopic (exact) mass is 391 g/mol. The molecule has 9 heteroatoms. The van der Waals surface area contributed by atoms with Gasteiger partial charge >= 0.3 is 6.18 Å². The summed E-state index contributed by atoms with van der Waals surface area (Å²) in [6.45, 7) is 0.366. The number of aromatic hydroxyl groups is 1. The van der Waals surface area contributed by atoms with Gasteiger partial charge in [0.15, 0.2) is 0 Å². The lowest BCUT2D eigenvalue weighted by atomic mass is 10.1. The Morgan fingerprint density at radius 2 is 1.68 bits per heavy atom. The molecular weight excluding hydrogens is 379 g/mol. The number of amides is 1. The van der Waals surface area contributed by atoms with Crippen molar-refractivity contribution in [3.8, 4) is 5.75 Å². The van der Waals surface area contributed by atoms with Crippen LogP contribution in [-0.4, -0.2) is 27.9 Å². The molecule has 1 atom stereocenters. The third-order valence-corrected chi connectivity index (χ3v) is 4.57. The molecular formula is C16H13ClF3NO3S.